The van der Waals surface area contributed by atoms with E-state index in [1.165, 1.54) is 5.69 Å². The SMILES string of the molecule is CCCC(C)(N)C(=O)NCC1CCN(c2ccc(Br)cc2)C1.Cl.Cl. The van der Waals surface area contributed by atoms with E-state index in [1.807, 2.05) is 13.8 Å². The van der Waals surface area contributed by atoms with Gasteiger partial charge in [0.2, 0.25) is 5.91 Å². The number of nitrogens with two attached hydrogens (primary N) is 1. The number of anilines is 1. The van der Waals surface area contributed by atoms with Crippen LogP contribution in [0.15, 0.2) is 28.7 Å². The Morgan fingerprint density at radius 1 is 1.38 bits per heavy atom. The van der Waals surface area contributed by atoms with Gasteiger partial charge in [-0.3, -0.25) is 4.79 Å². The van der Waals surface area contributed by atoms with Crippen LogP contribution >= 0.6 is 40.7 Å². The van der Waals surface area contributed by atoms with Crippen molar-refractivity contribution in [2.75, 3.05) is 24.5 Å². The van der Waals surface area contributed by atoms with Crippen LogP contribution in [0, 0.1) is 5.92 Å². The van der Waals surface area contributed by atoms with Crippen LogP contribution in [0.25, 0.3) is 0 Å². The van der Waals surface area contributed by atoms with Gasteiger partial charge in [0.25, 0.3) is 0 Å². The summed E-state index contributed by atoms with van der Waals surface area (Å²) in [6.07, 6.45) is 2.74. The van der Waals surface area contributed by atoms with Crippen LogP contribution in [-0.2, 0) is 4.79 Å². The summed E-state index contributed by atoms with van der Waals surface area (Å²) >= 11 is 3.46. The Balaban J connectivity index is 0.00000264. The average molecular weight is 441 g/mol. The molecule has 3 N–H and O–H groups in total. The molecule has 1 aliphatic heterocycles. The molecule has 1 saturated heterocycles. The smallest absolute Gasteiger partial charge is 0.239 e. The fraction of sp³-hybridized carbons (Fsp3) is 0.588. The lowest BCUT2D eigenvalue weighted by molar-refractivity contribution is -0.126. The normalized spacial score (nSPS) is 19.0. The monoisotopic (exact) mass is 439 g/mol. The van der Waals surface area contributed by atoms with Gasteiger partial charge < -0.3 is 16.0 Å². The fourth-order valence-corrected chi connectivity index (χ4v) is 3.22. The largest absolute Gasteiger partial charge is 0.371 e. The van der Waals surface area contributed by atoms with Crippen LogP contribution in [0.3, 0.4) is 0 Å². The van der Waals surface area contributed by atoms with Gasteiger partial charge in [0.05, 0.1) is 5.54 Å². The zero-order valence-electron chi connectivity index (χ0n) is 14.3. The van der Waals surface area contributed by atoms with Crippen molar-refractivity contribution in [3.63, 3.8) is 0 Å². The van der Waals surface area contributed by atoms with E-state index in [-0.39, 0.29) is 30.7 Å². The van der Waals surface area contributed by atoms with Crippen LogP contribution in [-0.4, -0.2) is 31.1 Å². The highest BCUT2D eigenvalue weighted by Gasteiger charge is 2.29. The first kappa shape index (κ1) is 23.5. The molecule has 1 heterocycles. The van der Waals surface area contributed by atoms with Crippen molar-refractivity contribution in [1.82, 2.24) is 5.32 Å². The fourth-order valence-electron chi connectivity index (χ4n) is 2.96. The van der Waals surface area contributed by atoms with Gasteiger partial charge in [-0.05, 0) is 49.9 Å². The summed E-state index contributed by atoms with van der Waals surface area (Å²) in [4.78, 5) is 14.5. The number of amides is 1. The van der Waals surface area contributed by atoms with E-state index < -0.39 is 5.54 Å². The van der Waals surface area contributed by atoms with Gasteiger partial charge in [0.1, 0.15) is 0 Å². The van der Waals surface area contributed by atoms with E-state index in [4.69, 9.17) is 5.73 Å². The van der Waals surface area contributed by atoms with Crippen molar-refractivity contribution in [2.24, 2.45) is 11.7 Å². The van der Waals surface area contributed by atoms with Gasteiger partial charge in [-0.15, -0.1) is 24.8 Å². The quantitative estimate of drug-likeness (QED) is 0.707. The lowest BCUT2D eigenvalue weighted by Crippen LogP contribution is -2.52. The summed E-state index contributed by atoms with van der Waals surface area (Å²) in [5.41, 5.74) is 6.55. The molecule has 0 saturated carbocycles. The molecule has 4 nitrogen and oxygen atoms in total. The lowest BCUT2D eigenvalue weighted by Gasteiger charge is -2.24. The Hall–Kier alpha value is -0.490. The molecule has 1 amide bonds. The van der Waals surface area contributed by atoms with Gasteiger partial charge in [0.15, 0.2) is 0 Å². The van der Waals surface area contributed by atoms with E-state index in [2.05, 4.69) is 50.4 Å². The van der Waals surface area contributed by atoms with Crippen molar-refractivity contribution >= 4 is 52.3 Å². The molecular weight excluding hydrogens is 413 g/mol. The van der Waals surface area contributed by atoms with Crippen LogP contribution in [0.2, 0.25) is 0 Å². The highest BCUT2D eigenvalue weighted by Crippen LogP contribution is 2.25. The molecule has 2 rings (SSSR count). The number of hydrogen-bond donors (Lipinski definition) is 2. The van der Waals surface area contributed by atoms with Gasteiger partial charge in [0, 0.05) is 29.8 Å². The molecule has 0 spiro atoms. The summed E-state index contributed by atoms with van der Waals surface area (Å²) in [6.45, 7) is 6.59. The van der Waals surface area contributed by atoms with Crippen molar-refractivity contribution in [1.29, 1.82) is 0 Å². The molecule has 1 aromatic carbocycles. The molecule has 2 unspecified atom stereocenters. The Morgan fingerprint density at radius 2 is 2.00 bits per heavy atom. The van der Waals surface area contributed by atoms with Crippen LogP contribution in [0.1, 0.15) is 33.1 Å². The Bertz CT molecular complexity index is 511. The standard InChI is InChI=1S/C17H26BrN3O.2ClH/c1-3-9-17(2,19)16(22)20-11-13-8-10-21(12-13)15-6-4-14(18)5-7-15;;/h4-7,13H,3,8-12,19H2,1-2H3,(H,20,22);2*1H. The molecule has 0 bridgehead atoms. The van der Waals surface area contributed by atoms with Gasteiger partial charge >= 0.3 is 0 Å². The molecule has 1 fully saturated rings. The Morgan fingerprint density at radius 3 is 2.58 bits per heavy atom. The summed E-state index contributed by atoms with van der Waals surface area (Å²) in [6, 6.07) is 8.39. The molecule has 0 radical (unpaired) electrons. The number of halogens is 3. The molecular formula is C17H28BrCl2N3O. The second-order valence-corrected chi connectivity index (χ2v) is 7.37. The van der Waals surface area contributed by atoms with Crippen molar-refractivity contribution < 1.29 is 4.79 Å². The minimum absolute atomic E-state index is 0. The summed E-state index contributed by atoms with van der Waals surface area (Å²) in [5, 5.41) is 3.03. The first-order valence-corrected chi connectivity index (χ1v) is 8.79. The van der Waals surface area contributed by atoms with E-state index >= 15 is 0 Å². The molecule has 2 atom stereocenters. The number of carbonyl (C=O) groups is 1. The Kier molecular flexibility index (Phi) is 10.3. The summed E-state index contributed by atoms with van der Waals surface area (Å²) < 4.78 is 1.09. The summed E-state index contributed by atoms with van der Waals surface area (Å²) in [7, 11) is 0. The second kappa shape index (κ2) is 10.5. The van der Waals surface area contributed by atoms with E-state index in [1.54, 1.807) is 0 Å². The zero-order chi connectivity index (χ0) is 16.2. The van der Waals surface area contributed by atoms with Crippen LogP contribution in [0.5, 0.6) is 0 Å². The third kappa shape index (κ3) is 6.43. The number of carbonyl (C=O) groups excluding carboxylic acids is 1. The minimum Gasteiger partial charge on any atom is -0.371 e. The van der Waals surface area contributed by atoms with E-state index in [0.29, 0.717) is 18.9 Å². The first-order chi connectivity index (χ1) is 10.4. The number of hydrogen-bond acceptors (Lipinski definition) is 3. The number of benzene rings is 1. The molecule has 138 valence electrons. The summed E-state index contributed by atoms with van der Waals surface area (Å²) in [5.74, 6) is 0.460. The third-order valence-electron chi connectivity index (χ3n) is 4.32. The van der Waals surface area contributed by atoms with Crippen LogP contribution in [0.4, 0.5) is 5.69 Å². The number of nitrogens with zero attached hydrogens (tertiary/aromatic N) is 1. The molecule has 1 aromatic rings. The number of rotatable bonds is 6. The predicted octanol–water partition coefficient (Wildman–Crippen LogP) is 3.75. The third-order valence-corrected chi connectivity index (χ3v) is 4.85. The minimum atomic E-state index is -0.751. The molecule has 1 aliphatic rings. The van der Waals surface area contributed by atoms with Gasteiger partial charge in [-0.1, -0.05) is 29.3 Å². The van der Waals surface area contributed by atoms with Gasteiger partial charge in [-0.25, -0.2) is 0 Å². The topological polar surface area (TPSA) is 58.4 Å². The average Bonchev–Trinajstić information content (AvgIpc) is 2.94. The first-order valence-electron chi connectivity index (χ1n) is 8.00. The maximum absolute atomic E-state index is 12.1. The van der Waals surface area contributed by atoms with E-state index in [0.717, 1.165) is 30.4 Å². The number of nitrogens with one attached hydrogen (secondary N) is 1. The highest BCUT2D eigenvalue weighted by molar-refractivity contribution is 9.10. The van der Waals surface area contributed by atoms with Gasteiger partial charge in [-0.2, -0.15) is 0 Å². The Labute approximate surface area is 165 Å². The highest BCUT2D eigenvalue weighted by atomic mass is 79.9. The molecule has 0 aliphatic carbocycles. The maximum atomic E-state index is 12.1. The lowest BCUT2D eigenvalue weighted by atomic mass is 9.96. The molecule has 7 heteroatoms. The zero-order valence-corrected chi connectivity index (χ0v) is 17.5. The molecule has 24 heavy (non-hydrogen) atoms. The van der Waals surface area contributed by atoms with Crippen molar-refractivity contribution in [3.8, 4) is 0 Å². The molecule has 0 aromatic heterocycles. The maximum Gasteiger partial charge on any atom is 0.239 e. The van der Waals surface area contributed by atoms with Crippen molar-refractivity contribution in [2.45, 2.75) is 38.6 Å². The van der Waals surface area contributed by atoms with Crippen molar-refractivity contribution in [3.05, 3.63) is 28.7 Å². The van der Waals surface area contributed by atoms with E-state index in [9.17, 15) is 4.79 Å². The second-order valence-electron chi connectivity index (χ2n) is 6.45. The predicted molar refractivity (Wildman–Crippen MR) is 109 cm³/mol. The van der Waals surface area contributed by atoms with Crippen LogP contribution < -0.4 is 16.0 Å².